The van der Waals surface area contributed by atoms with Gasteiger partial charge in [-0.25, -0.2) is 0 Å². The van der Waals surface area contributed by atoms with Gasteiger partial charge in [-0.15, -0.1) is 0 Å². The van der Waals surface area contributed by atoms with Gasteiger partial charge in [-0.2, -0.15) is 0 Å². The van der Waals surface area contributed by atoms with Crippen LogP contribution in [0.5, 0.6) is 0 Å². The molecule has 1 heterocycles. The summed E-state index contributed by atoms with van der Waals surface area (Å²) in [6, 6.07) is 35.4. The van der Waals surface area contributed by atoms with Gasteiger partial charge in [0.1, 0.15) is 0 Å². The maximum atomic E-state index is 6.40. The van der Waals surface area contributed by atoms with Crippen molar-refractivity contribution in [1.82, 2.24) is 0 Å². The van der Waals surface area contributed by atoms with Crippen molar-refractivity contribution >= 4 is 34.1 Å². The molecule has 0 aliphatic carbocycles. The lowest BCUT2D eigenvalue weighted by atomic mass is 9.77. The van der Waals surface area contributed by atoms with Gasteiger partial charge >= 0.3 is 7.12 Å². The van der Waals surface area contributed by atoms with Crippen LogP contribution in [0.25, 0.3) is 43.8 Å². The molecule has 1 fully saturated rings. The third-order valence-electron chi connectivity index (χ3n) is 8.67. The predicted molar refractivity (Wildman–Crippen MR) is 167 cm³/mol. The molecule has 1 saturated heterocycles. The Balaban J connectivity index is 1.56. The van der Waals surface area contributed by atoms with Gasteiger partial charge in [0.15, 0.2) is 0 Å². The smallest absolute Gasteiger partial charge is 0.399 e. The SMILES string of the molecule is CC(C)(C)c1ccc(-c2c3ccccc3c(-c3cccc(B4OC(C)(C)C(C)(C)O4)c3)c3ccccc23)cc1. The number of hydrogen-bond donors (Lipinski definition) is 0. The second-order valence-corrected chi connectivity index (χ2v) is 12.9. The van der Waals surface area contributed by atoms with Gasteiger partial charge in [-0.1, -0.05) is 118 Å². The summed E-state index contributed by atoms with van der Waals surface area (Å²) in [5.74, 6) is 0. The van der Waals surface area contributed by atoms with Crippen molar-refractivity contribution in [3.63, 3.8) is 0 Å². The van der Waals surface area contributed by atoms with E-state index in [-0.39, 0.29) is 16.6 Å². The molecule has 0 N–H and O–H groups in total. The van der Waals surface area contributed by atoms with Crippen LogP contribution in [-0.2, 0) is 14.7 Å². The van der Waals surface area contributed by atoms with Crippen molar-refractivity contribution in [3.8, 4) is 22.3 Å². The van der Waals surface area contributed by atoms with Crippen molar-refractivity contribution in [2.45, 2.75) is 65.1 Å². The first-order valence-electron chi connectivity index (χ1n) is 14.0. The minimum atomic E-state index is -0.395. The molecule has 196 valence electrons. The third kappa shape index (κ3) is 4.38. The fraction of sp³-hybridized carbons (Fsp3) is 0.278. The molecular weight excluding hydrogens is 475 g/mol. The third-order valence-corrected chi connectivity index (χ3v) is 8.67. The maximum absolute atomic E-state index is 6.40. The van der Waals surface area contributed by atoms with Gasteiger partial charge in [0.25, 0.3) is 0 Å². The van der Waals surface area contributed by atoms with Crippen LogP contribution < -0.4 is 5.46 Å². The molecule has 0 aromatic heterocycles. The van der Waals surface area contributed by atoms with Gasteiger partial charge in [0.2, 0.25) is 0 Å². The van der Waals surface area contributed by atoms with E-state index in [9.17, 15) is 0 Å². The lowest BCUT2D eigenvalue weighted by Gasteiger charge is -2.32. The largest absolute Gasteiger partial charge is 0.494 e. The van der Waals surface area contributed by atoms with E-state index in [0.29, 0.717) is 0 Å². The average Bonchev–Trinajstić information content (AvgIpc) is 3.13. The lowest BCUT2D eigenvalue weighted by molar-refractivity contribution is 0.00578. The van der Waals surface area contributed by atoms with E-state index in [2.05, 4.69) is 146 Å². The quantitative estimate of drug-likeness (QED) is 0.178. The normalized spacial score (nSPS) is 16.7. The molecule has 0 saturated carbocycles. The van der Waals surface area contributed by atoms with Crippen molar-refractivity contribution < 1.29 is 9.31 Å². The van der Waals surface area contributed by atoms with Gasteiger partial charge in [0, 0.05) is 0 Å². The first kappa shape index (κ1) is 25.9. The molecule has 5 aromatic carbocycles. The molecule has 0 atom stereocenters. The highest BCUT2D eigenvalue weighted by molar-refractivity contribution is 6.62. The van der Waals surface area contributed by atoms with Gasteiger partial charge in [0.05, 0.1) is 11.2 Å². The molecule has 39 heavy (non-hydrogen) atoms. The Morgan fingerprint density at radius 2 is 1.00 bits per heavy atom. The zero-order valence-corrected chi connectivity index (χ0v) is 24.1. The molecule has 0 unspecified atom stereocenters. The molecule has 6 rings (SSSR count). The zero-order valence-electron chi connectivity index (χ0n) is 24.1. The Labute approximate surface area is 233 Å². The topological polar surface area (TPSA) is 18.5 Å². The molecule has 1 aliphatic rings. The summed E-state index contributed by atoms with van der Waals surface area (Å²) in [5.41, 5.74) is 6.69. The van der Waals surface area contributed by atoms with Crippen LogP contribution in [0.4, 0.5) is 0 Å². The van der Waals surface area contributed by atoms with Crippen LogP contribution in [0, 0.1) is 0 Å². The molecule has 5 aromatic rings. The van der Waals surface area contributed by atoms with Crippen molar-refractivity contribution in [2.24, 2.45) is 0 Å². The lowest BCUT2D eigenvalue weighted by Crippen LogP contribution is -2.41. The highest BCUT2D eigenvalue weighted by Crippen LogP contribution is 2.44. The Kier molecular flexibility index (Phi) is 6.02. The number of benzene rings is 5. The minimum absolute atomic E-state index is 0.120. The van der Waals surface area contributed by atoms with Crippen LogP contribution in [0.1, 0.15) is 54.0 Å². The molecule has 3 heteroatoms. The molecule has 1 aliphatic heterocycles. The second-order valence-electron chi connectivity index (χ2n) is 12.9. The number of rotatable bonds is 3. The first-order valence-corrected chi connectivity index (χ1v) is 14.0. The highest BCUT2D eigenvalue weighted by atomic mass is 16.7. The van der Waals surface area contributed by atoms with E-state index < -0.39 is 7.12 Å². The number of fused-ring (bicyclic) bond motifs is 2. The summed E-state index contributed by atoms with van der Waals surface area (Å²) in [5, 5.41) is 5.01. The van der Waals surface area contributed by atoms with E-state index in [1.807, 2.05) is 0 Å². The average molecular weight is 513 g/mol. The van der Waals surface area contributed by atoms with Gasteiger partial charge in [-0.05, 0) is 87.9 Å². The Bertz CT molecular complexity index is 1620. The summed E-state index contributed by atoms with van der Waals surface area (Å²) in [6.07, 6.45) is 0. The molecule has 0 radical (unpaired) electrons. The zero-order chi connectivity index (χ0) is 27.6. The van der Waals surface area contributed by atoms with Crippen LogP contribution >= 0.6 is 0 Å². The molecule has 0 amide bonds. The van der Waals surface area contributed by atoms with E-state index in [0.717, 1.165) is 5.46 Å². The predicted octanol–water partition coefficient (Wildman–Crippen LogP) is 8.92. The second kappa shape index (κ2) is 9.08. The van der Waals surface area contributed by atoms with Gasteiger partial charge < -0.3 is 9.31 Å². The molecular formula is C36H37BO2. The van der Waals surface area contributed by atoms with Crippen LogP contribution in [0.15, 0.2) is 97.1 Å². The Morgan fingerprint density at radius 3 is 1.46 bits per heavy atom. The molecule has 0 bridgehead atoms. The van der Waals surface area contributed by atoms with Crippen LogP contribution in [0.3, 0.4) is 0 Å². The van der Waals surface area contributed by atoms with E-state index in [4.69, 9.17) is 9.31 Å². The van der Waals surface area contributed by atoms with Crippen molar-refractivity contribution in [1.29, 1.82) is 0 Å². The molecule has 2 nitrogen and oxygen atoms in total. The van der Waals surface area contributed by atoms with Crippen LogP contribution in [-0.4, -0.2) is 18.3 Å². The van der Waals surface area contributed by atoms with E-state index >= 15 is 0 Å². The summed E-state index contributed by atoms with van der Waals surface area (Å²) >= 11 is 0. The van der Waals surface area contributed by atoms with Crippen molar-refractivity contribution in [3.05, 3.63) is 103 Å². The highest BCUT2D eigenvalue weighted by Gasteiger charge is 2.51. The summed E-state index contributed by atoms with van der Waals surface area (Å²) in [6.45, 7) is 15.2. The minimum Gasteiger partial charge on any atom is -0.399 e. The monoisotopic (exact) mass is 512 g/mol. The Hall–Kier alpha value is -3.40. The fourth-order valence-electron chi connectivity index (χ4n) is 5.71. The fourth-order valence-corrected chi connectivity index (χ4v) is 5.71. The van der Waals surface area contributed by atoms with E-state index in [1.54, 1.807) is 0 Å². The summed E-state index contributed by atoms with van der Waals surface area (Å²) < 4.78 is 12.8. The van der Waals surface area contributed by atoms with Crippen LogP contribution in [0.2, 0.25) is 0 Å². The number of hydrogen-bond acceptors (Lipinski definition) is 2. The molecule has 0 spiro atoms. The van der Waals surface area contributed by atoms with Crippen molar-refractivity contribution in [2.75, 3.05) is 0 Å². The van der Waals surface area contributed by atoms with E-state index in [1.165, 1.54) is 49.4 Å². The Morgan fingerprint density at radius 1 is 0.538 bits per heavy atom. The standard InChI is InChI=1S/C36H37BO2/c1-34(2,3)26-21-19-24(20-22-26)32-28-15-8-10-17-30(28)33(31-18-11-9-16-29(31)32)25-13-12-14-27(23-25)37-38-35(4,5)36(6,7)39-37/h8-23H,1-7H3. The maximum Gasteiger partial charge on any atom is 0.494 e. The van der Waals surface area contributed by atoms with Gasteiger partial charge in [-0.3, -0.25) is 0 Å². The first-order chi connectivity index (χ1) is 18.5. The summed E-state index contributed by atoms with van der Waals surface area (Å²) in [4.78, 5) is 0. The summed E-state index contributed by atoms with van der Waals surface area (Å²) in [7, 11) is -0.395.